The quantitative estimate of drug-likeness (QED) is 0.136. The largest absolute Gasteiger partial charge is 0.378 e. The Hall–Kier alpha value is -8.22. The van der Waals surface area contributed by atoms with E-state index in [2.05, 4.69) is 203 Å². The Labute approximate surface area is 755 Å². The fraction of sp³-hybridized carbons (Fsp3) is 0.527. The summed E-state index contributed by atoms with van der Waals surface area (Å²) in [6, 6.07) is 40.4. The van der Waals surface area contributed by atoms with Crippen LogP contribution in [0.4, 0.5) is 26.3 Å². The Morgan fingerprint density at radius 1 is 0.246 bits per heavy atom. The van der Waals surface area contributed by atoms with Crippen LogP contribution in [0.15, 0.2) is 146 Å². The predicted molar refractivity (Wildman–Crippen MR) is 512 cm³/mol. The highest BCUT2D eigenvalue weighted by molar-refractivity contribution is 5.85. The predicted octanol–water partition coefficient (Wildman–Crippen LogP) is 29.3. The van der Waals surface area contributed by atoms with Crippen molar-refractivity contribution in [3.05, 3.63) is 282 Å². The molecule has 0 radical (unpaired) electrons. The molecule has 6 unspecified atom stereocenters. The number of rotatable bonds is 0. The summed E-state index contributed by atoms with van der Waals surface area (Å²) in [5.74, 6) is 3.55. The van der Waals surface area contributed by atoms with Gasteiger partial charge in [-0.2, -0.15) is 0 Å². The van der Waals surface area contributed by atoms with Gasteiger partial charge in [-0.25, -0.2) is 46.3 Å². The van der Waals surface area contributed by atoms with Gasteiger partial charge in [-0.3, -0.25) is 0 Å². The second-order valence-electron chi connectivity index (χ2n) is 37.1. The number of ether oxygens (including phenoxy) is 6. The molecule has 4 aliphatic heterocycles. The molecule has 4 saturated heterocycles. The first kappa shape index (κ1) is 108. The maximum atomic E-state index is 13.5. The zero-order valence-electron chi connectivity index (χ0n) is 81.4. The fourth-order valence-electron chi connectivity index (χ4n) is 14.4. The molecule has 0 spiro atoms. The summed E-state index contributed by atoms with van der Waals surface area (Å²) in [5.41, 5.74) is 16.1. The molecule has 17 rings (SSSR count). The molecular weight excluding hydrogens is 1590 g/mol. The van der Waals surface area contributed by atoms with Gasteiger partial charge in [0.2, 0.25) is 0 Å². The Kier molecular flexibility index (Phi) is 49.0. The van der Waals surface area contributed by atoms with Crippen LogP contribution >= 0.6 is 0 Å². The summed E-state index contributed by atoms with van der Waals surface area (Å²) in [5, 5.41) is 3.77. The molecule has 126 heavy (non-hydrogen) atoms. The lowest BCUT2D eigenvalue weighted by atomic mass is 9.84. The number of benzene rings is 8. The van der Waals surface area contributed by atoms with E-state index in [1.807, 2.05) is 79.3 Å². The zero-order valence-corrected chi connectivity index (χ0v) is 81.4. The van der Waals surface area contributed by atoms with E-state index < -0.39 is 34.9 Å². The molecule has 16 heteroatoms. The van der Waals surface area contributed by atoms with Crippen LogP contribution in [0.5, 0.6) is 0 Å². The van der Waals surface area contributed by atoms with Crippen LogP contribution in [0, 0.1) is 179 Å². The highest BCUT2D eigenvalue weighted by atomic mass is 19.2. The third kappa shape index (κ3) is 41.9. The summed E-state index contributed by atoms with van der Waals surface area (Å²) in [6.07, 6.45) is 26.0. The van der Waals surface area contributed by atoms with E-state index in [4.69, 9.17) is 28.4 Å². The van der Waals surface area contributed by atoms with Crippen LogP contribution < -0.4 is 0 Å². The van der Waals surface area contributed by atoms with Crippen LogP contribution in [0.25, 0.3) is 21.5 Å². The van der Waals surface area contributed by atoms with Gasteiger partial charge in [0.15, 0.2) is 47.5 Å². The van der Waals surface area contributed by atoms with Crippen LogP contribution in [0.3, 0.4) is 0 Å². The van der Waals surface area contributed by atoms with Gasteiger partial charge < -0.3 is 28.4 Å². The van der Waals surface area contributed by atoms with Gasteiger partial charge in [-0.05, 0) is 308 Å². The van der Waals surface area contributed by atoms with Crippen LogP contribution in [0.1, 0.15) is 248 Å². The number of hydrogen-bond donors (Lipinski definition) is 0. The van der Waals surface area contributed by atoms with E-state index in [-0.39, 0.29) is 12.6 Å². The zero-order chi connectivity index (χ0) is 93.3. The third-order valence-corrected chi connectivity index (χ3v) is 23.1. The maximum absolute atomic E-state index is 13.5. The van der Waals surface area contributed by atoms with Gasteiger partial charge in [-0.1, -0.05) is 224 Å². The first-order chi connectivity index (χ1) is 59.6. The molecule has 0 amide bonds. The molecule has 10 aromatic rings. The molecule has 5 fully saturated rings. The lowest BCUT2D eigenvalue weighted by Crippen LogP contribution is -2.27. The number of nitrogens with zero attached hydrogens (tertiary/aromatic N) is 4. The monoisotopic (exact) mass is 1740 g/mol. The number of aryl methyl sites for hydroxylation is 16. The van der Waals surface area contributed by atoms with Gasteiger partial charge in [0.25, 0.3) is 0 Å². The molecule has 0 bridgehead atoms. The lowest BCUT2D eigenvalue weighted by molar-refractivity contribution is -0.187. The molecule has 2 aromatic heterocycles. The van der Waals surface area contributed by atoms with Crippen molar-refractivity contribution in [3.63, 3.8) is 0 Å². The Morgan fingerprint density at radius 3 is 0.968 bits per heavy atom. The average Bonchev–Trinajstić information content (AvgIpc) is 0.791. The van der Waals surface area contributed by atoms with E-state index in [1.165, 1.54) is 123 Å². The average molecular weight is 1740 g/mol. The minimum Gasteiger partial charge on any atom is -0.378 e. The summed E-state index contributed by atoms with van der Waals surface area (Å²) >= 11 is 0. The van der Waals surface area contributed by atoms with E-state index in [9.17, 15) is 26.3 Å². The maximum Gasteiger partial charge on any atom is 0.166 e. The summed E-state index contributed by atoms with van der Waals surface area (Å²) in [7, 11) is 0. The highest BCUT2D eigenvalue weighted by Gasteiger charge is 2.24. The summed E-state index contributed by atoms with van der Waals surface area (Å²) < 4.78 is 110. The normalized spacial score (nSPS) is 21.8. The number of fused-ring (bicyclic) bond motifs is 4. The summed E-state index contributed by atoms with van der Waals surface area (Å²) in [4.78, 5) is 15.9. The molecule has 6 heterocycles. The number of hydrogen-bond acceptors (Lipinski definition) is 10. The van der Waals surface area contributed by atoms with E-state index in [0.29, 0.717) is 69.6 Å². The number of aromatic nitrogens is 4. The van der Waals surface area contributed by atoms with Gasteiger partial charge in [0.05, 0.1) is 38.6 Å². The van der Waals surface area contributed by atoms with E-state index in [0.717, 1.165) is 121 Å². The molecule has 7 aliphatic rings. The van der Waals surface area contributed by atoms with Crippen molar-refractivity contribution in [3.8, 4) is 0 Å². The van der Waals surface area contributed by atoms with Gasteiger partial charge in [-0.15, -0.1) is 0 Å². The minimum absolute atomic E-state index is 0.0196. The standard InChI is InChI=1S/C12H14F2.C12H10F2.C12H16.C12H12.C8H8F2.C8H16.C8H10.2C7H14O.2C6H8N2.2C6H12O2/c2*1-7-3-4-9-6-8(2)11(13)12(14)10(9)5-7;2*1-9-3-5-12-8-10(2)4-6-11(12)7-9;1-5-3-4-6(2)8(10)7(5)9;2*1-7-3-5-8(2)6-4-7;2*1-6-3-4-7(2)8-5-6;4*1-5-3-7-6(2)8-4-5/h6-7H,3-5H2,1-2H3;3-6H,1-2H3;3,5,7,10H,4,6,8H2,1-2H3;3-8H,1-2H3;3-4H,1-2H3;7-8H,3-6H2,1-2H3;3-6H,1-2H3;2*6-7H,3-5H2,1-2H3;2*3-4H,1-2H3;2*5-6H,3-4H2,1-2H3. The van der Waals surface area contributed by atoms with Crippen molar-refractivity contribution >= 4 is 21.5 Å². The SMILES string of the molecule is CC1CCC(C)CC1.CC1CCC(C)OC1.CC1CCC(C)OC1.CC1COC(C)OC1.CC1COC(C)OC1.Cc1cc2c(c(F)c1F)CC(C)CC2.Cc1ccc(C)c(F)c1F.Cc1ccc(C)cc1.Cc1ccc2c(c1)CCC(C)C2.Cc1ccc2cc(C)c(F)c(F)c2c1.Cc1ccc2cc(C)ccc2c1.Cc1cnc(C)nc1.Cc1cnc(C)nc1. The molecule has 10 nitrogen and oxygen atoms in total. The van der Waals surface area contributed by atoms with Crippen molar-refractivity contribution in [2.75, 3.05) is 39.6 Å². The van der Waals surface area contributed by atoms with Gasteiger partial charge in [0.1, 0.15) is 11.6 Å². The van der Waals surface area contributed by atoms with Gasteiger partial charge >= 0.3 is 0 Å². The van der Waals surface area contributed by atoms with Crippen LogP contribution in [-0.2, 0) is 54.1 Å². The highest BCUT2D eigenvalue weighted by Crippen LogP contribution is 2.32. The van der Waals surface area contributed by atoms with Crippen molar-refractivity contribution in [1.82, 2.24) is 19.9 Å². The Morgan fingerprint density at radius 2 is 0.579 bits per heavy atom. The lowest BCUT2D eigenvalue weighted by Gasteiger charge is -2.24. The molecule has 1 saturated carbocycles. The van der Waals surface area contributed by atoms with Crippen LogP contribution in [0.2, 0.25) is 0 Å². The fourth-order valence-corrected chi connectivity index (χ4v) is 14.4. The molecule has 0 N–H and O–H groups in total. The topological polar surface area (TPSA) is 107 Å². The first-order valence-corrected chi connectivity index (χ1v) is 46.1. The molecule has 3 aliphatic carbocycles. The molecule has 692 valence electrons. The third-order valence-electron chi connectivity index (χ3n) is 23.1. The molecule has 6 atom stereocenters. The van der Waals surface area contributed by atoms with Crippen molar-refractivity contribution in [2.24, 2.45) is 47.3 Å². The van der Waals surface area contributed by atoms with Crippen molar-refractivity contribution in [2.45, 2.75) is 295 Å². The Bertz CT molecular complexity index is 4350. The second kappa shape index (κ2) is 57.0. The molecule has 8 aromatic carbocycles. The minimum atomic E-state index is -0.747. The first-order valence-electron chi connectivity index (χ1n) is 46.1. The summed E-state index contributed by atoms with van der Waals surface area (Å²) in [6.45, 7) is 57.8. The van der Waals surface area contributed by atoms with Gasteiger partial charge in [0, 0.05) is 55.2 Å². The van der Waals surface area contributed by atoms with Crippen LogP contribution in [-0.4, -0.2) is 84.4 Å². The molecular formula is C110H154F6N4O6. The van der Waals surface area contributed by atoms with E-state index in [1.54, 1.807) is 61.4 Å². The smallest absolute Gasteiger partial charge is 0.166 e. The van der Waals surface area contributed by atoms with Crippen molar-refractivity contribution in [1.29, 1.82) is 0 Å². The second-order valence-corrected chi connectivity index (χ2v) is 37.1. The Balaban J connectivity index is 0.000000244. The number of halogens is 6. The van der Waals surface area contributed by atoms with E-state index >= 15 is 0 Å². The van der Waals surface area contributed by atoms with Crippen molar-refractivity contribution < 1.29 is 54.8 Å².